The number of nitrogens with zero attached hydrogens (tertiary/aromatic N) is 4. The maximum Gasteiger partial charge on any atom is 0.410 e. The van der Waals surface area contributed by atoms with Crippen LogP contribution in [0.25, 0.3) is 10.4 Å². The van der Waals surface area contributed by atoms with Gasteiger partial charge < -0.3 is 19.5 Å². The number of likely N-dealkylation sites (tertiary alicyclic amines) is 1. The van der Waals surface area contributed by atoms with Crippen LogP contribution in [-0.4, -0.2) is 70.9 Å². The SMILES string of the molecule is COc1ccc(C23CCC(CN(c4cc(-c5cnc(C(C)(C)C)s5)ccn4)C(=O)[C@H]4CC[C@H](OC(=O)N5CC(O)C5)CC4)(CC2)CC3)cc1C. The van der Waals surface area contributed by atoms with Gasteiger partial charge in [-0.3, -0.25) is 9.69 Å². The van der Waals surface area contributed by atoms with E-state index < -0.39 is 6.10 Å². The highest BCUT2D eigenvalue weighted by Crippen LogP contribution is 2.58. The number of aliphatic hydroxyl groups is 1. The number of benzene rings is 1. The van der Waals surface area contributed by atoms with Crippen molar-refractivity contribution < 1.29 is 24.2 Å². The first-order chi connectivity index (χ1) is 23.9. The van der Waals surface area contributed by atoms with Gasteiger partial charge in [0.05, 0.1) is 36.2 Å². The van der Waals surface area contributed by atoms with Gasteiger partial charge >= 0.3 is 6.09 Å². The van der Waals surface area contributed by atoms with Crippen LogP contribution in [0.5, 0.6) is 5.75 Å². The molecule has 4 saturated carbocycles. The van der Waals surface area contributed by atoms with Crippen molar-refractivity contribution in [1.29, 1.82) is 0 Å². The van der Waals surface area contributed by atoms with Gasteiger partial charge in [-0.2, -0.15) is 0 Å². The van der Waals surface area contributed by atoms with Crippen molar-refractivity contribution in [2.45, 2.75) is 115 Å². The minimum Gasteiger partial charge on any atom is -0.496 e. The molecular formula is C40H52N4O5S. The van der Waals surface area contributed by atoms with Crippen LogP contribution >= 0.6 is 11.3 Å². The lowest BCUT2D eigenvalue weighted by Gasteiger charge is -2.55. The first-order valence-electron chi connectivity index (χ1n) is 18.4. The normalized spacial score (nSPS) is 26.7. The summed E-state index contributed by atoms with van der Waals surface area (Å²) in [4.78, 5) is 41.4. The van der Waals surface area contributed by atoms with Crippen molar-refractivity contribution in [3.05, 3.63) is 58.9 Å². The highest BCUT2D eigenvalue weighted by atomic mass is 32.1. The molecule has 0 atom stereocenters. The average molecular weight is 701 g/mol. The zero-order valence-electron chi connectivity index (χ0n) is 30.2. The Morgan fingerprint density at radius 2 is 1.70 bits per heavy atom. The highest BCUT2D eigenvalue weighted by Gasteiger charge is 2.51. The first-order valence-corrected chi connectivity index (χ1v) is 19.2. The van der Waals surface area contributed by atoms with Gasteiger partial charge in [0.1, 0.15) is 17.7 Å². The summed E-state index contributed by atoms with van der Waals surface area (Å²) < 4.78 is 11.3. The smallest absolute Gasteiger partial charge is 0.410 e. The summed E-state index contributed by atoms with van der Waals surface area (Å²) in [5.74, 6) is 1.63. The summed E-state index contributed by atoms with van der Waals surface area (Å²) in [6.45, 7) is 9.99. The van der Waals surface area contributed by atoms with Crippen molar-refractivity contribution in [3.63, 3.8) is 0 Å². The number of carbonyl (C=O) groups excluding carboxylic acids is 2. The number of carbonyl (C=O) groups is 2. The van der Waals surface area contributed by atoms with Crippen LogP contribution in [0.4, 0.5) is 10.6 Å². The predicted molar refractivity (Wildman–Crippen MR) is 196 cm³/mol. The molecule has 2 amide bonds. The van der Waals surface area contributed by atoms with Gasteiger partial charge in [-0.1, -0.05) is 32.9 Å². The zero-order chi connectivity index (χ0) is 35.3. The monoisotopic (exact) mass is 700 g/mol. The van der Waals surface area contributed by atoms with Gasteiger partial charge in [0.2, 0.25) is 5.91 Å². The molecule has 0 unspecified atom stereocenters. The highest BCUT2D eigenvalue weighted by molar-refractivity contribution is 7.15. The molecule has 4 aliphatic carbocycles. The number of anilines is 1. The molecule has 9 nitrogen and oxygen atoms in total. The van der Waals surface area contributed by atoms with E-state index >= 15 is 0 Å². The Hall–Kier alpha value is -3.50. The van der Waals surface area contributed by atoms with Crippen LogP contribution in [0.2, 0.25) is 0 Å². The summed E-state index contributed by atoms with van der Waals surface area (Å²) in [6.07, 6.45) is 12.0. The van der Waals surface area contributed by atoms with Gasteiger partial charge in [-0.25, -0.2) is 14.8 Å². The lowest BCUT2D eigenvalue weighted by molar-refractivity contribution is -0.124. The van der Waals surface area contributed by atoms with E-state index in [1.54, 1.807) is 18.4 Å². The Balaban J connectivity index is 1.10. The van der Waals surface area contributed by atoms with Crippen LogP contribution in [0.15, 0.2) is 42.7 Å². The quantitative estimate of drug-likeness (QED) is 0.256. The van der Waals surface area contributed by atoms with E-state index in [0.717, 1.165) is 59.7 Å². The van der Waals surface area contributed by atoms with Gasteiger partial charge in [0.25, 0.3) is 0 Å². The Bertz CT molecular complexity index is 1690. The molecule has 0 radical (unpaired) electrons. The van der Waals surface area contributed by atoms with Gasteiger partial charge in [-0.05, 0) is 117 Å². The molecule has 3 aromatic rings. The molecule has 10 heteroatoms. The van der Waals surface area contributed by atoms with Crippen molar-refractivity contribution in [3.8, 4) is 16.2 Å². The maximum absolute atomic E-state index is 14.7. The molecule has 3 heterocycles. The summed E-state index contributed by atoms with van der Waals surface area (Å²) in [6, 6.07) is 10.8. The molecule has 2 aromatic heterocycles. The molecule has 268 valence electrons. The fourth-order valence-corrected chi connectivity index (χ4v) is 9.66. The molecule has 1 saturated heterocycles. The van der Waals surface area contributed by atoms with E-state index in [-0.39, 0.29) is 40.3 Å². The Kier molecular flexibility index (Phi) is 9.48. The number of hydrogen-bond donors (Lipinski definition) is 1. The molecule has 8 rings (SSSR count). The van der Waals surface area contributed by atoms with E-state index in [9.17, 15) is 14.7 Å². The Labute approximate surface area is 300 Å². The Morgan fingerprint density at radius 3 is 2.30 bits per heavy atom. The summed E-state index contributed by atoms with van der Waals surface area (Å²) in [5, 5.41) is 10.7. The van der Waals surface area contributed by atoms with Gasteiger partial charge in [0, 0.05) is 30.3 Å². The van der Waals surface area contributed by atoms with Crippen LogP contribution in [0.1, 0.15) is 101 Å². The fraction of sp³-hybridized carbons (Fsp3) is 0.600. The van der Waals surface area contributed by atoms with Crippen LogP contribution in [0.3, 0.4) is 0 Å². The second-order valence-electron chi connectivity index (χ2n) is 16.5. The topological polar surface area (TPSA) is 105 Å². The first kappa shape index (κ1) is 34.9. The number of ether oxygens (including phenoxy) is 2. The van der Waals surface area contributed by atoms with E-state index in [4.69, 9.17) is 19.4 Å². The fourth-order valence-electron chi connectivity index (χ4n) is 8.69. The third kappa shape index (κ3) is 6.90. The Morgan fingerprint density at radius 1 is 1.00 bits per heavy atom. The minimum atomic E-state index is -0.457. The van der Waals surface area contributed by atoms with Crippen LogP contribution < -0.4 is 9.64 Å². The number of β-amino-alcohol motifs (C(OH)–C–C–N with tert-alkyl or cyclic N) is 1. The number of pyridine rings is 1. The summed E-state index contributed by atoms with van der Waals surface area (Å²) >= 11 is 1.70. The number of methoxy groups -OCH3 is 1. The minimum absolute atomic E-state index is 0.0364. The second kappa shape index (κ2) is 13.6. The van der Waals surface area contributed by atoms with Crippen molar-refractivity contribution in [2.24, 2.45) is 11.3 Å². The van der Waals surface area contributed by atoms with Crippen molar-refractivity contribution >= 4 is 29.2 Å². The second-order valence-corrected chi connectivity index (χ2v) is 17.5. The molecule has 1 aromatic carbocycles. The number of aromatic nitrogens is 2. The van der Waals surface area contributed by atoms with Crippen LogP contribution in [-0.2, 0) is 20.4 Å². The van der Waals surface area contributed by atoms with E-state index in [2.05, 4.69) is 52.0 Å². The largest absolute Gasteiger partial charge is 0.496 e. The maximum atomic E-state index is 14.7. The number of rotatable bonds is 8. The lowest BCUT2D eigenvalue weighted by atomic mass is 9.51. The number of aryl methyl sites for hydroxylation is 1. The molecule has 1 aliphatic heterocycles. The zero-order valence-corrected chi connectivity index (χ0v) is 31.1. The number of thiazole rings is 1. The molecular weight excluding hydrogens is 649 g/mol. The standard InChI is InChI=1S/C40H52N4O5S/c1-26-20-29(8-11-32(26)48-5)40-16-13-39(14-17-40,15-18-40)25-44(34-21-28(12-19-41-34)33-22-42-36(50-33)38(2,3)4)35(46)27-6-9-31(10-7-27)49-37(47)43-23-30(45)24-43/h8,11-12,19-22,27,30-31,45H,6-7,9-10,13-18,23-25H2,1-5H3/t27-,31-,39?,40?. The third-order valence-electron chi connectivity index (χ3n) is 12.0. The van der Waals surface area contributed by atoms with Gasteiger partial charge in [0.15, 0.2) is 0 Å². The van der Waals surface area contributed by atoms with Crippen molar-refractivity contribution in [2.75, 3.05) is 31.6 Å². The number of amides is 2. The average Bonchev–Trinajstić information content (AvgIpc) is 3.62. The van der Waals surface area contributed by atoms with E-state index in [0.29, 0.717) is 51.1 Å². The number of hydrogen-bond acceptors (Lipinski definition) is 8. The molecule has 5 aliphatic rings. The lowest BCUT2D eigenvalue weighted by Crippen LogP contribution is -2.54. The number of fused-ring (bicyclic) bond motifs is 3. The molecule has 2 bridgehead atoms. The van der Waals surface area contributed by atoms with E-state index in [1.165, 1.54) is 16.0 Å². The van der Waals surface area contributed by atoms with Crippen LogP contribution in [0, 0.1) is 18.3 Å². The predicted octanol–water partition coefficient (Wildman–Crippen LogP) is 7.82. The number of aliphatic hydroxyl groups excluding tert-OH is 1. The molecule has 50 heavy (non-hydrogen) atoms. The summed E-state index contributed by atoms with van der Waals surface area (Å²) in [5.41, 5.74) is 3.84. The third-order valence-corrected chi connectivity index (χ3v) is 13.5. The molecule has 5 fully saturated rings. The van der Waals surface area contributed by atoms with Crippen molar-refractivity contribution in [1.82, 2.24) is 14.9 Å². The summed E-state index contributed by atoms with van der Waals surface area (Å²) in [7, 11) is 1.73. The molecule has 0 spiro atoms. The van der Waals surface area contributed by atoms with Gasteiger partial charge in [-0.15, -0.1) is 11.3 Å². The van der Waals surface area contributed by atoms with E-state index in [1.807, 2.05) is 23.4 Å². The molecule has 1 N–H and O–H groups in total.